The second-order valence-corrected chi connectivity index (χ2v) is 7.37. The number of alkyl halides is 2. The summed E-state index contributed by atoms with van der Waals surface area (Å²) in [6, 6.07) is 11.5. The Balaban J connectivity index is 1.93. The Hall–Kier alpha value is -3.10. The molecule has 0 amide bonds. The fourth-order valence-corrected chi connectivity index (χ4v) is 3.56. The van der Waals surface area contributed by atoms with Crippen LogP contribution in [0.2, 0.25) is 10.0 Å². The molecular formula is C22H15Cl2F3O5. The van der Waals surface area contributed by atoms with Gasteiger partial charge in [0.2, 0.25) is 0 Å². The molecule has 0 aliphatic rings. The number of phenolic OH excluding ortho intramolecular Hbond substituents is 1. The third-order valence-electron chi connectivity index (χ3n) is 4.38. The summed E-state index contributed by atoms with van der Waals surface area (Å²) in [6.07, 6.45) is 0.0638. The second-order valence-electron chi connectivity index (χ2n) is 6.58. The highest BCUT2D eigenvalue weighted by atomic mass is 35.5. The summed E-state index contributed by atoms with van der Waals surface area (Å²) in [4.78, 5) is 10.6. The van der Waals surface area contributed by atoms with Gasteiger partial charge >= 0.3 is 12.6 Å². The van der Waals surface area contributed by atoms with E-state index in [2.05, 4.69) is 4.74 Å². The zero-order valence-electron chi connectivity index (χ0n) is 16.1. The maximum absolute atomic E-state index is 14.5. The van der Waals surface area contributed by atoms with Gasteiger partial charge in [-0.3, -0.25) is 0 Å². The summed E-state index contributed by atoms with van der Waals surface area (Å²) in [5.41, 5.74) is 1.56. The first kappa shape index (κ1) is 23.6. The van der Waals surface area contributed by atoms with E-state index in [1.807, 2.05) is 0 Å². The number of ether oxygens (including phenoxy) is 2. The molecule has 2 N–H and O–H groups in total. The molecule has 0 spiro atoms. The quantitative estimate of drug-likeness (QED) is 0.373. The third kappa shape index (κ3) is 5.57. The molecule has 32 heavy (non-hydrogen) atoms. The van der Waals surface area contributed by atoms with Crippen LogP contribution >= 0.6 is 23.2 Å². The minimum absolute atomic E-state index is 0.0544. The number of halogens is 5. The molecule has 10 heteroatoms. The van der Waals surface area contributed by atoms with Gasteiger partial charge in [0.15, 0.2) is 18.2 Å². The summed E-state index contributed by atoms with van der Waals surface area (Å²) in [5.74, 6) is -2.83. The topological polar surface area (TPSA) is 76.0 Å². The molecule has 0 radical (unpaired) electrons. The number of carboxylic acids is 1. The first-order chi connectivity index (χ1) is 15.2. The van der Waals surface area contributed by atoms with Gasteiger partial charge in [0, 0.05) is 23.1 Å². The molecule has 0 aliphatic heterocycles. The van der Waals surface area contributed by atoms with Crippen LogP contribution in [0.3, 0.4) is 0 Å². The van der Waals surface area contributed by atoms with Gasteiger partial charge in [0.1, 0.15) is 11.5 Å². The van der Waals surface area contributed by atoms with E-state index in [9.17, 15) is 23.1 Å². The van der Waals surface area contributed by atoms with Crippen LogP contribution in [0.25, 0.3) is 11.1 Å². The average Bonchev–Trinajstić information content (AvgIpc) is 2.73. The molecule has 0 aromatic heterocycles. The van der Waals surface area contributed by atoms with Gasteiger partial charge in [-0.25, -0.2) is 9.18 Å². The summed E-state index contributed by atoms with van der Waals surface area (Å²) in [7, 11) is 0. The van der Waals surface area contributed by atoms with Gasteiger partial charge in [0.25, 0.3) is 0 Å². The Morgan fingerprint density at radius 2 is 1.84 bits per heavy atom. The van der Waals surface area contributed by atoms with Crippen molar-refractivity contribution in [1.29, 1.82) is 0 Å². The lowest BCUT2D eigenvalue weighted by Gasteiger charge is -2.14. The van der Waals surface area contributed by atoms with Crippen LogP contribution in [-0.2, 0) is 11.2 Å². The number of aliphatic carboxylic acids is 1. The fraction of sp³-hybridized carbons (Fsp3) is 0.136. The van der Waals surface area contributed by atoms with Gasteiger partial charge in [-0.15, -0.1) is 0 Å². The standard InChI is InChI=1S/C22H15Cl2F3O5/c23-16-9-18(31-10-19(29)30)21(25)20(24)15(16)7-11-4-5-17(28)14(6-11)12-2-1-3-13(8-12)32-22(26)27/h1-6,8-9,22,28H,7,10H2,(H,29,30). The van der Waals surface area contributed by atoms with Crippen LogP contribution in [0.4, 0.5) is 13.2 Å². The highest BCUT2D eigenvalue weighted by Gasteiger charge is 2.19. The van der Waals surface area contributed by atoms with Crippen LogP contribution in [0.15, 0.2) is 48.5 Å². The fourth-order valence-electron chi connectivity index (χ4n) is 2.99. The second kappa shape index (κ2) is 10.0. The molecule has 0 bridgehead atoms. The molecule has 0 fully saturated rings. The molecule has 0 saturated carbocycles. The Kier molecular flexibility index (Phi) is 7.37. The summed E-state index contributed by atoms with van der Waals surface area (Å²) in [6.45, 7) is -3.76. The largest absolute Gasteiger partial charge is 0.507 e. The summed E-state index contributed by atoms with van der Waals surface area (Å²) in [5, 5.41) is 18.7. The molecule has 0 unspecified atom stereocenters. The van der Waals surface area contributed by atoms with Gasteiger partial charge in [-0.1, -0.05) is 41.4 Å². The molecule has 168 valence electrons. The zero-order chi connectivity index (χ0) is 23.4. The van der Waals surface area contributed by atoms with E-state index in [1.165, 1.54) is 24.3 Å². The molecule has 0 saturated heterocycles. The normalized spacial score (nSPS) is 10.9. The first-order valence-corrected chi connectivity index (χ1v) is 9.79. The number of phenols is 1. The lowest BCUT2D eigenvalue weighted by Crippen LogP contribution is -2.10. The molecule has 3 rings (SSSR count). The van der Waals surface area contributed by atoms with Gasteiger partial charge in [-0.05, 0) is 41.0 Å². The molecule has 3 aromatic rings. The van der Waals surface area contributed by atoms with E-state index >= 15 is 0 Å². The van der Waals surface area contributed by atoms with E-state index in [-0.39, 0.29) is 33.5 Å². The molecular weight excluding hydrogens is 472 g/mol. The van der Waals surface area contributed by atoms with Crippen LogP contribution in [0, 0.1) is 5.82 Å². The molecule has 0 heterocycles. The van der Waals surface area contributed by atoms with Crippen molar-refractivity contribution in [2.24, 2.45) is 0 Å². The van der Waals surface area contributed by atoms with Crippen molar-refractivity contribution >= 4 is 29.2 Å². The zero-order valence-corrected chi connectivity index (χ0v) is 17.6. The van der Waals surface area contributed by atoms with E-state index in [4.69, 9.17) is 33.0 Å². The maximum Gasteiger partial charge on any atom is 0.387 e. The van der Waals surface area contributed by atoms with E-state index in [0.717, 1.165) is 6.07 Å². The summed E-state index contributed by atoms with van der Waals surface area (Å²) < 4.78 is 48.8. The molecule has 0 aliphatic carbocycles. The van der Waals surface area contributed by atoms with Crippen LogP contribution in [0.1, 0.15) is 11.1 Å². The lowest BCUT2D eigenvalue weighted by atomic mass is 9.98. The van der Waals surface area contributed by atoms with Crippen molar-refractivity contribution in [3.8, 4) is 28.4 Å². The van der Waals surface area contributed by atoms with Crippen molar-refractivity contribution in [1.82, 2.24) is 0 Å². The molecule has 5 nitrogen and oxygen atoms in total. The van der Waals surface area contributed by atoms with Gasteiger partial charge in [0.05, 0.1) is 5.02 Å². The number of rotatable bonds is 8. The Bertz CT molecular complexity index is 1150. The van der Waals surface area contributed by atoms with Crippen molar-refractivity contribution in [2.75, 3.05) is 6.61 Å². The average molecular weight is 487 g/mol. The van der Waals surface area contributed by atoms with E-state index in [1.54, 1.807) is 18.2 Å². The Morgan fingerprint density at radius 1 is 1.09 bits per heavy atom. The van der Waals surface area contributed by atoms with Crippen LogP contribution < -0.4 is 9.47 Å². The van der Waals surface area contributed by atoms with Gasteiger partial charge < -0.3 is 19.7 Å². The number of carboxylic acid groups (broad SMARTS) is 1. The van der Waals surface area contributed by atoms with Crippen LogP contribution in [-0.4, -0.2) is 29.4 Å². The van der Waals surface area contributed by atoms with Crippen LogP contribution in [0.5, 0.6) is 17.2 Å². The van der Waals surface area contributed by atoms with Crippen molar-refractivity contribution < 1.29 is 37.7 Å². The number of carbonyl (C=O) groups is 1. The maximum atomic E-state index is 14.5. The number of hydrogen-bond acceptors (Lipinski definition) is 4. The SMILES string of the molecule is O=C(O)COc1cc(Cl)c(Cc2ccc(O)c(-c3cccc(OC(F)F)c3)c2)c(Cl)c1F. The summed E-state index contributed by atoms with van der Waals surface area (Å²) >= 11 is 12.3. The smallest absolute Gasteiger partial charge is 0.387 e. The van der Waals surface area contributed by atoms with Gasteiger partial charge in [-0.2, -0.15) is 8.78 Å². The number of aromatic hydroxyl groups is 1. The number of benzene rings is 3. The first-order valence-electron chi connectivity index (χ1n) is 9.03. The highest BCUT2D eigenvalue weighted by Crippen LogP contribution is 2.37. The molecule has 3 aromatic carbocycles. The number of hydrogen-bond donors (Lipinski definition) is 2. The minimum atomic E-state index is -2.99. The predicted molar refractivity (Wildman–Crippen MR) is 113 cm³/mol. The van der Waals surface area contributed by atoms with Crippen molar-refractivity contribution in [2.45, 2.75) is 13.0 Å². The van der Waals surface area contributed by atoms with E-state index in [0.29, 0.717) is 16.7 Å². The third-order valence-corrected chi connectivity index (χ3v) is 5.11. The van der Waals surface area contributed by atoms with E-state index < -0.39 is 30.8 Å². The highest BCUT2D eigenvalue weighted by molar-refractivity contribution is 6.36. The predicted octanol–water partition coefficient (Wildman–Crippen LogP) is 6.16. The molecule has 0 atom stereocenters. The minimum Gasteiger partial charge on any atom is -0.507 e. The lowest BCUT2D eigenvalue weighted by molar-refractivity contribution is -0.139. The Labute approximate surface area is 190 Å². The van der Waals surface area contributed by atoms with Crippen molar-refractivity contribution in [3.05, 3.63) is 75.5 Å². The van der Waals surface area contributed by atoms with Crippen molar-refractivity contribution in [3.63, 3.8) is 0 Å². The monoisotopic (exact) mass is 486 g/mol. The Morgan fingerprint density at radius 3 is 2.53 bits per heavy atom.